The molecule has 0 heterocycles. The molecule has 0 spiro atoms. The summed E-state index contributed by atoms with van der Waals surface area (Å²) in [6.45, 7) is 5.10. The first-order valence-electron chi connectivity index (χ1n) is 6.46. The second-order valence-electron chi connectivity index (χ2n) is 4.21. The zero-order valence-corrected chi connectivity index (χ0v) is 11.1. The second kappa shape index (κ2) is 8.08. The van der Waals surface area contributed by atoms with Gasteiger partial charge in [0.1, 0.15) is 5.75 Å². The van der Waals surface area contributed by atoms with Crippen molar-refractivity contribution in [2.24, 2.45) is 0 Å². The van der Waals surface area contributed by atoms with E-state index in [1.54, 1.807) is 0 Å². The first kappa shape index (κ1) is 15.0. The van der Waals surface area contributed by atoms with Gasteiger partial charge in [-0.3, -0.25) is 0 Å². The molecule has 0 radical (unpaired) electrons. The van der Waals surface area contributed by atoms with Crippen LogP contribution in [0.5, 0.6) is 5.75 Å². The quantitative estimate of drug-likeness (QED) is 0.656. The Kier molecular flexibility index (Phi) is 6.72. The smallest absolute Gasteiger partial charge is 0.119 e. The first-order chi connectivity index (χ1) is 8.71. The van der Waals surface area contributed by atoms with Crippen LogP contribution in [0.4, 0.5) is 0 Å². The van der Waals surface area contributed by atoms with E-state index in [2.05, 4.69) is 5.32 Å². The number of nitrogens with one attached hydrogen (secondary N) is 1. The molecule has 0 aliphatic rings. The van der Waals surface area contributed by atoms with E-state index in [0.29, 0.717) is 13.2 Å². The average molecular weight is 253 g/mol. The van der Waals surface area contributed by atoms with E-state index in [0.717, 1.165) is 17.7 Å². The van der Waals surface area contributed by atoms with Crippen LogP contribution in [-0.4, -0.2) is 36.0 Å². The van der Waals surface area contributed by atoms with Gasteiger partial charge in [0.05, 0.1) is 19.3 Å². The third kappa shape index (κ3) is 4.64. The number of benzene rings is 1. The standard InChI is InChI=1S/C14H23NO3/c1-3-12(10-16)15-9-14(17)11-5-7-13(8-6-11)18-4-2/h5-8,12,14-17H,3-4,9-10H2,1-2H3. The monoisotopic (exact) mass is 253 g/mol. The molecule has 0 aliphatic heterocycles. The fourth-order valence-corrected chi connectivity index (χ4v) is 1.69. The molecule has 1 aromatic rings. The van der Waals surface area contributed by atoms with E-state index in [1.165, 1.54) is 0 Å². The summed E-state index contributed by atoms with van der Waals surface area (Å²) >= 11 is 0. The molecule has 1 rings (SSSR count). The van der Waals surface area contributed by atoms with E-state index in [-0.39, 0.29) is 12.6 Å². The molecule has 0 fully saturated rings. The minimum absolute atomic E-state index is 0.0438. The van der Waals surface area contributed by atoms with Crippen molar-refractivity contribution in [3.63, 3.8) is 0 Å². The molecule has 0 aromatic heterocycles. The molecule has 1 aromatic carbocycles. The molecule has 18 heavy (non-hydrogen) atoms. The fourth-order valence-electron chi connectivity index (χ4n) is 1.69. The zero-order chi connectivity index (χ0) is 13.4. The largest absolute Gasteiger partial charge is 0.494 e. The Morgan fingerprint density at radius 2 is 1.89 bits per heavy atom. The van der Waals surface area contributed by atoms with Gasteiger partial charge in [-0.1, -0.05) is 19.1 Å². The highest BCUT2D eigenvalue weighted by atomic mass is 16.5. The van der Waals surface area contributed by atoms with Crippen LogP contribution < -0.4 is 10.1 Å². The van der Waals surface area contributed by atoms with Gasteiger partial charge in [-0.2, -0.15) is 0 Å². The summed E-state index contributed by atoms with van der Waals surface area (Å²) in [5.41, 5.74) is 0.846. The summed E-state index contributed by atoms with van der Waals surface area (Å²) in [6.07, 6.45) is 0.272. The maximum Gasteiger partial charge on any atom is 0.119 e. The van der Waals surface area contributed by atoms with Gasteiger partial charge in [0.15, 0.2) is 0 Å². The molecule has 0 amide bonds. The SMILES string of the molecule is CCOc1ccc(C(O)CNC(CC)CO)cc1. The summed E-state index contributed by atoms with van der Waals surface area (Å²) < 4.78 is 5.34. The first-order valence-corrected chi connectivity index (χ1v) is 6.46. The lowest BCUT2D eigenvalue weighted by molar-refractivity contribution is 0.157. The average Bonchev–Trinajstić information content (AvgIpc) is 2.41. The van der Waals surface area contributed by atoms with Gasteiger partial charge < -0.3 is 20.3 Å². The molecule has 3 N–H and O–H groups in total. The van der Waals surface area contributed by atoms with E-state index < -0.39 is 6.10 Å². The van der Waals surface area contributed by atoms with E-state index in [1.807, 2.05) is 38.1 Å². The van der Waals surface area contributed by atoms with Crippen LogP contribution in [0.3, 0.4) is 0 Å². The lowest BCUT2D eigenvalue weighted by Crippen LogP contribution is -2.34. The van der Waals surface area contributed by atoms with Gasteiger partial charge in [-0.25, -0.2) is 0 Å². The Morgan fingerprint density at radius 3 is 2.39 bits per heavy atom. The number of ether oxygens (including phenoxy) is 1. The lowest BCUT2D eigenvalue weighted by Gasteiger charge is -2.17. The van der Waals surface area contributed by atoms with E-state index in [9.17, 15) is 5.11 Å². The van der Waals surface area contributed by atoms with Crippen LogP contribution in [-0.2, 0) is 0 Å². The topological polar surface area (TPSA) is 61.7 Å². The molecule has 0 saturated heterocycles. The van der Waals surface area contributed by atoms with Crippen molar-refractivity contribution in [3.05, 3.63) is 29.8 Å². The zero-order valence-electron chi connectivity index (χ0n) is 11.1. The fraction of sp³-hybridized carbons (Fsp3) is 0.571. The van der Waals surface area contributed by atoms with Gasteiger partial charge in [0.2, 0.25) is 0 Å². The highest BCUT2D eigenvalue weighted by molar-refractivity contribution is 5.28. The maximum absolute atomic E-state index is 10.00. The minimum Gasteiger partial charge on any atom is -0.494 e. The van der Waals surface area contributed by atoms with Gasteiger partial charge in [-0.15, -0.1) is 0 Å². The lowest BCUT2D eigenvalue weighted by atomic mass is 10.1. The van der Waals surface area contributed by atoms with E-state index in [4.69, 9.17) is 9.84 Å². The van der Waals surface area contributed by atoms with Gasteiger partial charge in [0.25, 0.3) is 0 Å². The molecule has 0 bridgehead atoms. The highest BCUT2D eigenvalue weighted by Crippen LogP contribution is 2.17. The van der Waals surface area contributed by atoms with Crippen LogP contribution in [0, 0.1) is 0 Å². The van der Waals surface area contributed by atoms with Crippen molar-refractivity contribution in [1.29, 1.82) is 0 Å². The van der Waals surface area contributed by atoms with Crippen molar-refractivity contribution in [3.8, 4) is 5.75 Å². The third-order valence-electron chi connectivity index (χ3n) is 2.89. The maximum atomic E-state index is 10.00. The Balaban J connectivity index is 2.48. The molecular formula is C14H23NO3. The molecule has 2 atom stereocenters. The van der Waals surface area contributed by atoms with Crippen molar-refractivity contribution in [2.75, 3.05) is 19.8 Å². The van der Waals surface area contributed by atoms with Gasteiger partial charge in [-0.05, 0) is 31.0 Å². The number of hydrogen-bond donors (Lipinski definition) is 3. The number of rotatable bonds is 8. The number of hydrogen-bond acceptors (Lipinski definition) is 4. The highest BCUT2D eigenvalue weighted by Gasteiger charge is 2.10. The van der Waals surface area contributed by atoms with Gasteiger partial charge in [0, 0.05) is 12.6 Å². The third-order valence-corrected chi connectivity index (χ3v) is 2.89. The van der Waals surface area contributed by atoms with Crippen LogP contribution in [0.15, 0.2) is 24.3 Å². The van der Waals surface area contributed by atoms with Crippen molar-refractivity contribution in [1.82, 2.24) is 5.32 Å². The Labute approximate surface area is 109 Å². The Bertz CT molecular complexity index is 322. The van der Waals surface area contributed by atoms with Crippen LogP contribution >= 0.6 is 0 Å². The number of aliphatic hydroxyl groups is 2. The van der Waals surface area contributed by atoms with Crippen molar-refractivity contribution >= 4 is 0 Å². The second-order valence-corrected chi connectivity index (χ2v) is 4.21. The molecule has 2 unspecified atom stereocenters. The number of aliphatic hydroxyl groups excluding tert-OH is 2. The van der Waals surface area contributed by atoms with Crippen molar-refractivity contribution in [2.45, 2.75) is 32.4 Å². The van der Waals surface area contributed by atoms with Gasteiger partial charge >= 0.3 is 0 Å². The molecule has 102 valence electrons. The predicted octanol–water partition coefficient (Wildman–Crippen LogP) is 1.48. The van der Waals surface area contributed by atoms with Crippen molar-refractivity contribution < 1.29 is 14.9 Å². The summed E-state index contributed by atoms with van der Waals surface area (Å²) in [5.74, 6) is 0.809. The molecule has 0 aliphatic carbocycles. The summed E-state index contributed by atoms with van der Waals surface area (Å²) in [4.78, 5) is 0. The van der Waals surface area contributed by atoms with E-state index >= 15 is 0 Å². The Hall–Kier alpha value is -1.10. The summed E-state index contributed by atoms with van der Waals surface area (Å²) in [6, 6.07) is 7.47. The van der Waals surface area contributed by atoms with Crippen LogP contribution in [0.2, 0.25) is 0 Å². The molecule has 4 nitrogen and oxygen atoms in total. The van der Waals surface area contributed by atoms with Crippen LogP contribution in [0.25, 0.3) is 0 Å². The normalized spacial score (nSPS) is 14.2. The Morgan fingerprint density at radius 1 is 1.22 bits per heavy atom. The molecule has 4 heteroatoms. The molecule has 0 saturated carbocycles. The predicted molar refractivity (Wildman–Crippen MR) is 71.7 cm³/mol. The van der Waals surface area contributed by atoms with Crippen LogP contribution in [0.1, 0.15) is 31.9 Å². The summed E-state index contributed by atoms with van der Waals surface area (Å²) in [5, 5.41) is 22.2. The molecular weight excluding hydrogens is 230 g/mol. The summed E-state index contributed by atoms with van der Waals surface area (Å²) in [7, 11) is 0. The minimum atomic E-state index is -0.568.